The molecule has 0 saturated carbocycles. The molecule has 140 valence electrons. The Bertz CT molecular complexity index is 1530. The molecule has 0 amide bonds. The molecule has 2 aliphatic heterocycles. The molecule has 0 radical (unpaired) electrons. The van der Waals surface area contributed by atoms with Gasteiger partial charge in [-0.05, 0) is 35.0 Å². The zero-order valence-corrected chi connectivity index (χ0v) is 14.8. The number of pyridine rings is 1. The second-order valence-electron chi connectivity index (χ2n) is 6.62. The van der Waals surface area contributed by atoms with Gasteiger partial charge in [-0.2, -0.15) is 4.98 Å². The van der Waals surface area contributed by atoms with E-state index in [1.165, 1.54) is 18.2 Å². The Morgan fingerprint density at radius 2 is 1.69 bits per heavy atom. The number of fused-ring (bicyclic) bond motifs is 3. The topological polar surface area (TPSA) is 111 Å². The summed E-state index contributed by atoms with van der Waals surface area (Å²) in [5, 5.41) is 13.7. The Morgan fingerprint density at radius 3 is 2.48 bits per heavy atom. The van der Waals surface area contributed by atoms with Crippen LogP contribution in [0, 0.1) is 10.1 Å². The van der Waals surface area contributed by atoms with E-state index in [2.05, 4.69) is 9.97 Å². The number of aromatic amines is 1. The highest BCUT2D eigenvalue weighted by Crippen LogP contribution is 2.31. The van der Waals surface area contributed by atoms with Crippen molar-refractivity contribution in [3.05, 3.63) is 97.7 Å². The average molecular weight is 384 g/mol. The van der Waals surface area contributed by atoms with Crippen LogP contribution in [-0.2, 0) is 0 Å². The Hall–Kier alpha value is -4.33. The van der Waals surface area contributed by atoms with Crippen LogP contribution in [0.5, 0.6) is 0 Å². The van der Waals surface area contributed by atoms with Crippen molar-refractivity contribution >= 4 is 27.4 Å². The maximum absolute atomic E-state index is 12.4. The van der Waals surface area contributed by atoms with Gasteiger partial charge in [0, 0.05) is 23.2 Å². The number of nitro benzene ring substituents is 1. The molecule has 3 aromatic rings. The third kappa shape index (κ3) is 2.66. The van der Waals surface area contributed by atoms with E-state index < -0.39 is 16.2 Å². The average Bonchev–Trinajstić information content (AvgIpc) is 2.71. The Balaban J connectivity index is 1.95. The predicted molar refractivity (Wildman–Crippen MR) is 109 cm³/mol. The van der Waals surface area contributed by atoms with Crippen molar-refractivity contribution in [3.8, 4) is 17.1 Å². The molecule has 0 atom stereocenters. The second kappa shape index (κ2) is 6.10. The molecule has 2 heterocycles. The van der Waals surface area contributed by atoms with Crippen molar-refractivity contribution in [3.63, 3.8) is 0 Å². The van der Waals surface area contributed by atoms with Gasteiger partial charge in [-0.3, -0.25) is 24.5 Å². The van der Waals surface area contributed by atoms with E-state index in [1.807, 2.05) is 42.5 Å². The van der Waals surface area contributed by atoms with Crippen molar-refractivity contribution in [2.45, 2.75) is 0 Å². The lowest BCUT2D eigenvalue weighted by Crippen LogP contribution is -2.27. The molecular formula is C21H12N4O4. The number of nitro groups is 1. The summed E-state index contributed by atoms with van der Waals surface area (Å²) in [4.78, 5) is 41.2. The van der Waals surface area contributed by atoms with E-state index in [0.717, 1.165) is 10.8 Å². The number of nitrogens with zero attached hydrogens (tertiary/aromatic N) is 3. The van der Waals surface area contributed by atoms with Crippen LogP contribution in [0.25, 0.3) is 38.8 Å². The molecule has 8 heteroatoms. The predicted octanol–water partition coefficient (Wildman–Crippen LogP) is 3.24. The zero-order valence-electron chi connectivity index (χ0n) is 14.8. The summed E-state index contributed by atoms with van der Waals surface area (Å²) in [5.41, 5.74) is 0.0141. The smallest absolute Gasteiger partial charge is 0.294 e. The van der Waals surface area contributed by atoms with Crippen LogP contribution in [0.4, 0.5) is 5.69 Å². The second-order valence-corrected chi connectivity index (χ2v) is 6.62. The lowest BCUT2D eigenvalue weighted by Gasteiger charge is -2.18. The van der Waals surface area contributed by atoms with Crippen molar-refractivity contribution in [2.24, 2.45) is 0 Å². The van der Waals surface area contributed by atoms with Gasteiger partial charge in [0.2, 0.25) is 0 Å². The fourth-order valence-corrected chi connectivity index (χ4v) is 3.57. The Kier molecular flexibility index (Phi) is 3.53. The fraction of sp³-hybridized carbons (Fsp3) is 0. The number of aromatic nitrogens is 3. The van der Waals surface area contributed by atoms with Gasteiger partial charge >= 0.3 is 5.69 Å². The number of hydrogen-bond donors (Lipinski definition) is 1. The summed E-state index contributed by atoms with van der Waals surface area (Å²) < 4.78 is 1.68. The minimum atomic E-state index is -0.752. The van der Waals surface area contributed by atoms with Gasteiger partial charge in [0.15, 0.2) is 5.82 Å². The first-order valence-corrected chi connectivity index (χ1v) is 8.75. The van der Waals surface area contributed by atoms with E-state index in [9.17, 15) is 19.7 Å². The van der Waals surface area contributed by atoms with E-state index in [0.29, 0.717) is 16.6 Å². The van der Waals surface area contributed by atoms with Gasteiger partial charge in [-0.1, -0.05) is 30.3 Å². The lowest BCUT2D eigenvalue weighted by atomic mass is 10.1. The van der Waals surface area contributed by atoms with Crippen LogP contribution in [0.1, 0.15) is 0 Å². The van der Waals surface area contributed by atoms with Gasteiger partial charge in [-0.15, -0.1) is 0 Å². The molecule has 0 aromatic heterocycles. The van der Waals surface area contributed by atoms with Crippen LogP contribution in [0.2, 0.25) is 0 Å². The molecule has 0 fully saturated rings. The summed E-state index contributed by atoms with van der Waals surface area (Å²) in [6, 6.07) is 19.4. The third-order valence-electron chi connectivity index (χ3n) is 4.88. The molecule has 0 spiro atoms. The van der Waals surface area contributed by atoms with Crippen LogP contribution < -0.4 is 11.2 Å². The first-order chi connectivity index (χ1) is 14.0. The molecule has 0 aliphatic carbocycles. The van der Waals surface area contributed by atoms with E-state index in [1.54, 1.807) is 10.6 Å². The largest absolute Gasteiger partial charge is 0.349 e. The molecule has 8 nitrogen and oxygen atoms in total. The molecule has 29 heavy (non-hydrogen) atoms. The normalized spacial score (nSPS) is 11.3. The van der Waals surface area contributed by atoms with Gasteiger partial charge in [0.1, 0.15) is 0 Å². The quantitative estimate of drug-likeness (QED) is 0.285. The minimum Gasteiger partial charge on any atom is -0.294 e. The highest BCUT2D eigenvalue weighted by Gasteiger charge is 2.19. The summed E-state index contributed by atoms with van der Waals surface area (Å²) in [7, 11) is 0. The summed E-state index contributed by atoms with van der Waals surface area (Å²) in [6.07, 6.45) is 0. The first kappa shape index (κ1) is 16.8. The van der Waals surface area contributed by atoms with Crippen LogP contribution in [0.15, 0.2) is 76.3 Å². The number of nitrogens with one attached hydrogen (secondary N) is 1. The van der Waals surface area contributed by atoms with Crippen molar-refractivity contribution < 1.29 is 4.92 Å². The zero-order chi connectivity index (χ0) is 20.1. The summed E-state index contributed by atoms with van der Waals surface area (Å²) >= 11 is 0. The molecule has 0 unspecified atom stereocenters. The van der Waals surface area contributed by atoms with Crippen molar-refractivity contribution in [1.29, 1.82) is 0 Å². The van der Waals surface area contributed by atoms with Crippen molar-refractivity contribution in [2.75, 3.05) is 0 Å². The monoisotopic (exact) mass is 384 g/mol. The molecular weight excluding hydrogens is 372 g/mol. The fourth-order valence-electron chi connectivity index (χ4n) is 3.57. The molecule has 2 aliphatic rings. The van der Waals surface area contributed by atoms with E-state index >= 15 is 0 Å². The van der Waals surface area contributed by atoms with Crippen molar-refractivity contribution in [1.82, 2.24) is 14.5 Å². The highest BCUT2D eigenvalue weighted by molar-refractivity contribution is 5.90. The minimum absolute atomic E-state index is 0.0910. The first-order valence-electron chi connectivity index (χ1n) is 8.75. The highest BCUT2D eigenvalue weighted by atomic mass is 16.6. The van der Waals surface area contributed by atoms with Crippen LogP contribution in [0.3, 0.4) is 0 Å². The van der Waals surface area contributed by atoms with Crippen LogP contribution in [-0.4, -0.2) is 19.5 Å². The number of hydrogen-bond acceptors (Lipinski definition) is 5. The van der Waals surface area contributed by atoms with Crippen LogP contribution >= 0.6 is 0 Å². The number of benzene rings is 3. The van der Waals surface area contributed by atoms with Gasteiger partial charge in [0.25, 0.3) is 11.2 Å². The SMILES string of the molecule is O=c1nc2n(-c3ccc4ccccc4c3)c3ccc([N+](=O)[O-])cc3cc-2c(=O)[nH]1. The lowest BCUT2D eigenvalue weighted by molar-refractivity contribution is -0.384. The van der Waals surface area contributed by atoms with E-state index in [-0.39, 0.29) is 17.1 Å². The number of H-pyrrole nitrogens is 1. The molecule has 3 aromatic carbocycles. The molecule has 0 bridgehead atoms. The maximum atomic E-state index is 12.4. The van der Waals surface area contributed by atoms with Gasteiger partial charge in [0.05, 0.1) is 16.0 Å². The molecule has 0 saturated heterocycles. The number of rotatable bonds is 2. The molecule has 5 rings (SSSR count). The molecule has 1 N–H and O–H groups in total. The summed E-state index contributed by atoms with van der Waals surface area (Å²) in [5.74, 6) is 0.190. The Labute approximate surface area is 162 Å². The third-order valence-corrected chi connectivity index (χ3v) is 4.88. The summed E-state index contributed by atoms with van der Waals surface area (Å²) in [6.45, 7) is 0. The van der Waals surface area contributed by atoms with Gasteiger partial charge in [-0.25, -0.2) is 4.79 Å². The van der Waals surface area contributed by atoms with Gasteiger partial charge < -0.3 is 0 Å². The standard InChI is InChI=1S/C21H12N4O4/c26-20-17-11-14-10-16(25(28)29)7-8-18(14)24(19(17)22-21(27)23-20)15-6-5-12-3-1-2-4-13(12)9-15/h1-11H,(H,23,26,27). The number of non-ortho nitro benzene ring substituents is 1. The Morgan fingerprint density at radius 1 is 0.897 bits per heavy atom. The van der Waals surface area contributed by atoms with E-state index in [4.69, 9.17) is 0 Å². The maximum Gasteiger partial charge on any atom is 0.349 e.